The zero-order chi connectivity index (χ0) is 42.0. The van der Waals surface area contributed by atoms with E-state index in [0.717, 1.165) is 13.8 Å². The van der Waals surface area contributed by atoms with Crippen LogP contribution in [0, 0.1) is 0 Å². The van der Waals surface area contributed by atoms with Gasteiger partial charge in [-0.1, -0.05) is 0 Å². The Morgan fingerprint density at radius 1 is 0.842 bits per heavy atom. The van der Waals surface area contributed by atoms with Crippen LogP contribution in [0.3, 0.4) is 0 Å². The van der Waals surface area contributed by atoms with E-state index in [-0.39, 0.29) is 29.6 Å². The van der Waals surface area contributed by atoms with Crippen molar-refractivity contribution in [2.24, 2.45) is 4.99 Å². The van der Waals surface area contributed by atoms with Gasteiger partial charge in [-0.25, -0.2) is 4.79 Å². The van der Waals surface area contributed by atoms with Crippen molar-refractivity contribution < 1.29 is 144 Å². The van der Waals surface area contributed by atoms with Gasteiger partial charge in [-0.15, -0.1) is 0 Å². The number of nitrogens with one attached hydrogen (secondary N) is 1. The van der Waals surface area contributed by atoms with Crippen molar-refractivity contribution in [3.63, 3.8) is 0 Å². The Balaban J connectivity index is 0.00000870. The second-order valence-electron chi connectivity index (χ2n) is 13.9. The minimum Gasteiger partial charge on any atom is -0.862 e. The molecule has 0 spiro atoms. The number of ether oxygens (including phenoxy) is 7. The average molecular weight is 843 g/mol. The molecule has 4 rings (SSSR count). The number of rotatable bonds is 14. The number of carbonyl (C=O) groups excluding carboxylic acids is 1. The normalized spacial score (nSPS) is 45.4. The van der Waals surface area contributed by atoms with Crippen molar-refractivity contribution >= 4 is 17.8 Å². The molecule has 0 bridgehead atoms. The molecule has 14 N–H and O–H groups in total. The van der Waals surface area contributed by atoms with Crippen LogP contribution in [0.2, 0.25) is 0 Å². The molecule has 26 heteroatoms. The average Bonchev–Trinajstić information content (AvgIpc) is 3.14. The topological polar surface area (TPSA) is 409 Å². The number of carboxylic acid groups (broad SMARTS) is 1. The van der Waals surface area contributed by atoms with Crippen LogP contribution >= 0.6 is 0 Å². The van der Waals surface area contributed by atoms with Crippen molar-refractivity contribution in [3.8, 4) is 0 Å². The van der Waals surface area contributed by atoms with Gasteiger partial charge in [0.25, 0.3) is 5.79 Å². The molecule has 57 heavy (non-hydrogen) atoms. The number of aliphatic carboxylic acids is 1. The number of hydrogen-bond acceptors (Lipinski definition) is 23. The summed E-state index contributed by atoms with van der Waals surface area (Å²) in [5.74, 6) is -6.85. The van der Waals surface area contributed by atoms with Gasteiger partial charge in [-0.3, -0.25) is 9.79 Å². The van der Waals surface area contributed by atoms with Crippen LogP contribution in [0.5, 0.6) is 0 Å². The summed E-state index contributed by atoms with van der Waals surface area (Å²) in [6.07, 6.45) is -35.4. The zero-order valence-electron chi connectivity index (χ0n) is 31.2. The van der Waals surface area contributed by atoms with Crippen molar-refractivity contribution in [2.75, 3.05) is 19.8 Å². The molecule has 1 amide bonds. The summed E-state index contributed by atoms with van der Waals surface area (Å²) in [4.78, 5) is 28.7. The van der Waals surface area contributed by atoms with E-state index in [9.17, 15) is 81.1 Å². The minimum absolute atomic E-state index is 0. The molecule has 4 aliphatic rings. The molecule has 4 fully saturated rings. The molecular weight excluding hydrogens is 791 g/mol. The molecule has 0 aromatic rings. The van der Waals surface area contributed by atoms with Crippen LogP contribution in [-0.2, 0) is 42.7 Å². The van der Waals surface area contributed by atoms with Gasteiger partial charge in [0.05, 0.1) is 32.0 Å². The Hall–Kier alpha value is -1.35. The molecule has 0 saturated carbocycles. The van der Waals surface area contributed by atoms with E-state index in [1.165, 1.54) is 6.92 Å². The van der Waals surface area contributed by atoms with Gasteiger partial charge >= 0.3 is 35.5 Å². The summed E-state index contributed by atoms with van der Waals surface area (Å²) in [5.41, 5.74) is 0. The predicted molar refractivity (Wildman–Crippen MR) is 172 cm³/mol. The summed E-state index contributed by atoms with van der Waals surface area (Å²) in [6.45, 7) is 0.201. The van der Waals surface area contributed by atoms with Crippen molar-refractivity contribution in [3.05, 3.63) is 0 Å². The number of carbonyl (C=O) groups is 2. The smallest absolute Gasteiger partial charge is 0.862 e. The number of nitrogens with zero attached hydrogens (tertiary/aromatic N) is 1. The van der Waals surface area contributed by atoms with Gasteiger partial charge < -0.3 is 110 Å². The van der Waals surface area contributed by atoms with Gasteiger partial charge in [-0.2, -0.15) is 0 Å². The van der Waals surface area contributed by atoms with Crippen LogP contribution in [0.25, 0.3) is 0 Å². The third-order valence-electron chi connectivity index (χ3n) is 9.86. The Bertz CT molecular complexity index is 1350. The first-order chi connectivity index (χ1) is 26.2. The van der Waals surface area contributed by atoms with Gasteiger partial charge in [0.2, 0.25) is 5.91 Å². The van der Waals surface area contributed by atoms with Crippen LogP contribution in [-0.4, -0.2) is 232 Å². The van der Waals surface area contributed by atoms with Crippen LogP contribution < -0.4 is 40.0 Å². The van der Waals surface area contributed by atoms with Crippen molar-refractivity contribution in [2.45, 2.75) is 155 Å². The van der Waals surface area contributed by atoms with Gasteiger partial charge in [0.15, 0.2) is 18.9 Å². The van der Waals surface area contributed by atoms with Crippen LogP contribution in [0.15, 0.2) is 4.99 Å². The molecule has 0 aliphatic carbocycles. The molecule has 0 aromatic carbocycles. The summed E-state index contributed by atoms with van der Waals surface area (Å²) in [7, 11) is 0. The number of aliphatic hydroxyl groups excluding tert-OH is 12. The maximum atomic E-state index is 12.8. The Morgan fingerprint density at radius 3 is 1.98 bits per heavy atom. The molecule has 324 valence electrons. The molecule has 25 nitrogen and oxygen atoms in total. The van der Waals surface area contributed by atoms with E-state index in [1.54, 1.807) is 0 Å². The summed E-state index contributed by atoms with van der Waals surface area (Å²) in [6, 6.07) is -3.35. The van der Waals surface area contributed by atoms with E-state index in [1.807, 2.05) is 0 Å². The maximum Gasteiger partial charge on any atom is 1.00 e. The monoisotopic (exact) mass is 842 g/mol. The first-order valence-electron chi connectivity index (χ1n) is 17.5. The van der Waals surface area contributed by atoms with Crippen molar-refractivity contribution in [1.29, 1.82) is 0 Å². The van der Waals surface area contributed by atoms with E-state index < -0.39 is 172 Å². The minimum atomic E-state index is -3.14. The number of hydrogen-bond donors (Lipinski definition) is 14. The van der Waals surface area contributed by atoms with Crippen LogP contribution in [0.1, 0.15) is 27.2 Å². The Labute approximate surface area is 346 Å². The fourth-order valence-electron chi connectivity index (χ4n) is 6.93. The van der Waals surface area contributed by atoms with E-state index >= 15 is 0 Å². The molecule has 4 saturated heterocycles. The quantitative estimate of drug-likeness (QED) is 0.0438. The summed E-state index contributed by atoms with van der Waals surface area (Å²) >= 11 is 0. The fourth-order valence-corrected chi connectivity index (χ4v) is 6.93. The molecule has 21 atom stereocenters. The third-order valence-corrected chi connectivity index (χ3v) is 9.86. The summed E-state index contributed by atoms with van der Waals surface area (Å²) < 4.78 is 39.6. The van der Waals surface area contributed by atoms with Gasteiger partial charge in [0, 0.05) is 13.3 Å². The molecule has 21 unspecified atom stereocenters. The predicted octanol–water partition coefficient (Wildman–Crippen LogP) is -12.6. The van der Waals surface area contributed by atoms with Gasteiger partial charge in [0.1, 0.15) is 91.4 Å². The number of aliphatic hydroxyl groups is 12. The molecule has 4 heterocycles. The van der Waals surface area contributed by atoms with E-state index in [0.29, 0.717) is 0 Å². The van der Waals surface area contributed by atoms with Gasteiger partial charge in [-0.05, 0) is 19.7 Å². The Kier molecular flexibility index (Phi) is 18.4. The van der Waals surface area contributed by atoms with Crippen LogP contribution in [0.4, 0.5) is 0 Å². The standard InChI is InChI=1S/C31H52N2O23.Na/c1-8-17(41)20(44)21(45)28(50-8)54-25-16(33-10(3)38)27(47)51-14(7-36)23(25)53-29-22(46)26(19(43)13(6-35)52-29)56-31(30(48)49)4-11(39)15(32-9(2)37)24(55-31)18(42)12(40)5-34;/h8,11-29,34-36,39-47H,4-7H2,1-3H3,(H,32,37)(H,33,38)(H,48,49);/q;+1/p-1. The summed E-state index contributed by atoms with van der Waals surface area (Å²) in [5, 5.41) is 151. The first kappa shape index (κ1) is 50.0. The third kappa shape index (κ3) is 10.9. The molecule has 0 radical (unpaired) electrons. The molecule has 4 aliphatic heterocycles. The second kappa shape index (κ2) is 21.0. The largest absolute Gasteiger partial charge is 1.00 e. The number of carboxylic acids is 1. The SMILES string of the molecule is CC(=O)NC1C(O)OC(CO)C(OC2OC(CO)C(O)C(OC3(C(=O)O)CC(O)C(N=C(C)[O-])C(C(O)C(O)CO)O3)C2O)C1OC1OC(C)C(O)C(O)C1O.[Na+]. The second-order valence-corrected chi connectivity index (χ2v) is 13.9. The molecular formula is C31H51N2NaO23. The molecule has 0 aromatic heterocycles. The fraction of sp³-hybridized carbons (Fsp3) is 0.903. The number of amides is 1. The van der Waals surface area contributed by atoms with Crippen molar-refractivity contribution in [1.82, 2.24) is 5.32 Å². The van der Waals surface area contributed by atoms with E-state index in [4.69, 9.17) is 33.2 Å². The maximum absolute atomic E-state index is 12.8. The first-order valence-corrected chi connectivity index (χ1v) is 17.5. The Morgan fingerprint density at radius 2 is 1.44 bits per heavy atom. The number of aliphatic imine (C=N–C) groups is 1. The van der Waals surface area contributed by atoms with E-state index in [2.05, 4.69) is 10.3 Å². The zero-order valence-corrected chi connectivity index (χ0v) is 33.2.